The normalized spacial score (nSPS) is 24.7. The maximum absolute atomic E-state index is 12.5. The Kier molecular flexibility index (Phi) is 4.72. The van der Waals surface area contributed by atoms with Crippen LogP contribution in [0.1, 0.15) is 36.0 Å². The van der Waals surface area contributed by atoms with Gasteiger partial charge in [-0.25, -0.2) is 13.1 Å². The molecule has 26 heavy (non-hydrogen) atoms. The number of sulfonamides is 1. The fraction of sp³-hybridized carbons (Fsp3) is 0.438. The summed E-state index contributed by atoms with van der Waals surface area (Å²) in [6, 6.07) is 6.34. The fourth-order valence-electron chi connectivity index (χ4n) is 3.78. The van der Waals surface area contributed by atoms with Crippen molar-refractivity contribution in [1.82, 2.24) is 14.9 Å². The van der Waals surface area contributed by atoms with Gasteiger partial charge in [0.15, 0.2) is 0 Å². The minimum atomic E-state index is -3.73. The first kappa shape index (κ1) is 17.8. The molecule has 1 aromatic heterocycles. The van der Waals surface area contributed by atoms with Crippen LogP contribution in [0.25, 0.3) is 0 Å². The van der Waals surface area contributed by atoms with Crippen molar-refractivity contribution in [1.29, 1.82) is 0 Å². The van der Waals surface area contributed by atoms with Crippen LogP contribution in [0.4, 0.5) is 5.13 Å². The van der Waals surface area contributed by atoms with Crippen LogP contribution >= 0.6 is 22.9 Å². The topological polar surface area (TPSA) is 101 Å². The third kappa shape index (κ3) is 3.62. The third-order valence-corrected chi connectivity index (χ3v) is 7.96. The summed E-state index contributed by atoms with van der Waals surface area (Å²) in [4.78, 5) is 12.2. The van der Waals surface area contributed by atoms with Gasteiger partial charge in [-0.3, -0.25) is 10.1 Å². The Morgan fingerprint density at radius 3 is 2.58 bits per heavy atom. The van der Waals surface area contributed by atoms with Crippen LogP contribution in [0.15, 0.2) is 28.6 Å². The van der Waals surface area contributed by atoms with Crippen molar-refractivity contribution >= 4 is 44.0 Å². The van der Waals surface area contributed by atoms with Crippen LogP contribution in [0.2, 0.25) is 5.02 Å². The van der Waals surface area contributed by atoms with Gasteiger partial charge in [0, 0.05) is 16.6 Å². The second-order valence-electron chi connectivity index (χ2n) is 6.74. The zero-order valence-electron chi connectivity index (χ0n) is 13.7. The molecule has 4 rings (SSSR count). The molecule has 0 spiro atoms. The molecule has 1 amide bonds. The average molecular weight is 413 g/mol. The highest BCUT2D eigenvalue weighted by atomic mass is 35.5. The zero-order chi connectivity index (χ0) is 18.3. The van der Waals surface area contributed by atoms with Crippen molar-refractivity contribution in [2.75, 3.05) is 5.32 Å². The molecule has 2 fully saturated rings. The number of nitrogens with zero attached hydrogens (tertiary/aromatic N) is 2. The number of amides is 1. The first-order chi connectivity index (χ1) is 12.4. The lowest BCUT2D eigenvalue weighted by atomic mass is 9.96. The molecule has 10 heteroatoms. The van der Waals surface area contributed by atoms with Crippen LogP contribution in [0.3, 0.4) is 0 Å². The smallest absolute Gasteiger partial charge is 0.270 e. The molecule has 2 N–H and O–H groups in total. The van der Waals surface area contributed by atoms with Crippen molar-refractivity contribution in [2.45, 2.75) is 36.1 Å². The lowest BCUT2D eigenvalue weighted by Gasteiger charge is -2.21. The minimum absolute atomic E-state index is 0.0187. The van der Waals surface area contributed by atoms with E-state index in [1.165, 1.54) is 6.42 Å². The Morgan fingerprint density at radius 1 is 1.15 bits per heavy atom. The Bertz CT molecular complexity index is 929. The molecule has 138 valence electrons. The lowest BCUT2D eigenvalue weighted by molar-refractivity contribution is 0.102. The molecule has 2 aliphatic rings. The van der Waals surface area contributed by atoms with Gasteiger partial charge in [-0.1, -0.05) is 29.4 Å². The Morgan fingerprint density at radius 2 is 1.92 bits per heavy atom. The van der Waals surface area contributed by atoms with Crippen molar-refractivity contribution in [3.8, 4) is 0 Å². The molecule has 0 saturated heterocycles. The van der Waals surface area contributed by atoms with Crippen molar-refractivity contribution in [3.05, 3.63) is 34.9 Å². The number of nitrogens with one attached hydrogen (secondary N) is 2. The van der Waals surface area contributed by atoms with Gasteiger partial charge in [-0.2, -0.15) is 0 Å². The lowest BCUT2D eigenvalue weighted by Crippen LogP contribution is -2.38. The number of aromatic nitrogens is 2. The van der Waals surface area contributed by atoms with Crippen LogP contribution in [-0.2, 0) is 10.0 Å². The van der Waals surface area contributed by atoms with E-state index >= 15 is 0 Å². The van der Waals surface area contributed by atoms with Crippen molar-refractivity contribution in [3.63, 3.8) is 0 Å². The molecule has 3 atom stereocenters. The Labute approximate surface area is 160 Å². The highest BCUT2D eigenvalue weighted by Crippen LogP contribution is 2.44. The molecule has 2 saturated carbocycles. The number of carbonyl (C=O) groups is 1. The number of halogens is 1. The Hall–Kier alpha value is -1.55. The maximum atomic E-state index is 12.5. The summed E-state index contributed by atoms with van der Waals surface area (Å²) in [5.74, 6) is 0.658. The third-order valence-electron chi connectivity index (χ3n) is 5.01. The van der Waals surface area contributed by atoms with E-state index in [9.17, 15) is 13.2 Å². The molecule has 2 bridgehead atoms. The molecular formula is C16H17ClN4O3S2. The second-order valence-corrected chi connectivity index (χ2v) is 10.0. The second kappa shape index (κ2) is 6.88. The summed E-state index contributed by atoms with van der Waals surface area (Å²) in [5.41, 5.74) is 0.397. The molecule has 7 nitrogen and oxygen atoms in total. The first-order valence-electron chi connectivity index (χ1n) is 8.33. The van der Waals surface area contributed by atoms with Crippen molar-refractivity contribution < 1.29 is 13.2 Å². The van der Waals surface area contributed by atoms with Crippen LogP contribution in [-0.4, -0.2) is 30.6 Å². The zero-order valence-corrected chi connectivity index (χ0v) is 16.1. The van der Waals surface area contributed by atoms with Gasteiger partial charge in [0.2, 0.25) is 9.47 Å². The SMILES string of the molecule is O=C(Nc1nnc(S(=O)(=O)N[C@H]2C[C@@H]3CC[C@@H]2C3)s1)c1ccc(Cl)cc1. The van der Waals surface area contributed by atoms with Gasteiger partial charge in [-0.05, 0) is 55.4 Å². The minimum Gasteiger partial charge on any atom is -0.296 e. The summed E-state index contributed by atoms with van der Waals surface area (Å²) in [6.07, 6.45) is 4.27. The largest absolute Gasteiger partial charge is 0.296 e. The molecule has 2 aliphatic carbocycles. The predicted molar refractivity (Wildman–Crippen MR) is 98.9 cm³/mol. The number of hydrogen-bond acceptors (Lipinski definition) is 6. The summed E-state index contributed by atoms with van der Waals surface area (Å²) in [7, 11) is -3.73. The van der Waals surface area contributed by atoms with E-state index in [-0.39, 0.29) is 15.5 Å². The fourth-order valence-corrected chi connectivity index (χ4v) is 6.13. The quantitative estimate of drug-likeness (QED) is 0.735. The van der Waals surface area contributed by atoms with Crippen LogP contribution < -0.4 is 10.0 Å². The molecule has 1 aromatic carbocycles. The molecule has 0 aliphatic heterocycles. The average Bonchev–Trinajstić information content (AvgIpc) is 3.32. The molecule has 0 radical (unpaired) electrons. The summed E-state index contributed by atoms with van der Waals surface area (Å²) in [5, 5.41) is 10.7. The predicted octanol–water partition coefficient (Wildman–Crippen LogP) is 2.91. The van der Waals surface area contributed by atoms with Crippen molar-refractivity contribution in [2.24, 2.45) is 11.8 Å². The van der Waals surface area contributed by atoms with E-state index in [2.05, 4.69) is 20.2 Å². The van der Waals surface area contributed by atoms with Crippen LogP contribution in [0, 0.1) is 11.8 Å². The summed E-state index contributed by atoms with van der Waals surface area (Å²) < 4.78 is 27.7. The van der Waals surface area contributed by atoms with E-state index in [0.717, 1.165) is 30.6 Å². The highest BCUT2D eigenvalue weighted by molar-refractivity contribution is 7.91. The monoisotopic (exact) mass is 412 g/mol. The molecule has 0 unspecified atom stereocenters. The van der Waals surface area contributed by atoms with Crippen LogP contribution in [0.5, 0.6) is 0 Å². The highest BCUT2D eigenvalue weighted by Gasteiger charge is 2.41. The first-order valence-corrected chi connectivity index (χ1v) is 11.0. The van der Waals surface area contributed by atoms with E-state index < -0.39 is 15.9 Å². The number of fused-ring (bicyclic) bond motifs is 2. The van der Waals surface area contributed by atoms with E-state index in [1.807, 2.05) is 0 Å². The summed E-state index contributed by atoms with van der Waals surface area (Å²) in [6.45, 7) is 0. The Balaban J connectivity index is 1.43. The van der Waals surface area contributed by atoms with Gasteiger partial charge in [0.25, 0.3) is 15.9 Å². The molecular weight excluding hydrogens is 396 g/mol. The number of carbonyl (C=O) groups excluding carboxylic acids is 1. The number of hydrogen-bond donors (Lipinski definition) is 2. The summed E-state index contributed by atoms with van der Waals surface area (Å²) >= 11 is 6.64. The number of rotatable bonds is 5. The van der Waals surface area contributed by atoms with Gasteiger partial charge < -0.3 is 0 Å². The molecule has 1 heterocycles. The number of anilines is 1. The van der Waals surface area contributed by atoms with E-state index in [1.54, 1.807) is 24.3 Å². The van der Waals surface area contributed by atoms with Gasteiger partial charge in [0.05, 0.1) is 0 Å². The molecule has 2 aromatic rings. The van der Waals surface area contributed by atoms with Gasteiger partial charge in [0.1, 0.15) is 0 Å². The number of benzene rings is 1. The maximum Gasteiger partial charge on any atom is 0.270 e. The van der Waals surface area contributed by atoms with Gasteiger partial charge in [-0.15, -0.1) is 10.2 Å². The van der Waals surface area contributed by atoms with Gasteiger partial charge >= 0.3 is 0 Å². The standard InChI is InChI=1S/C16H17ClN4O3S2/c17-12-5-3-10(4-6-12)14(22)18-15-19-20-16(25-15)26(23,24)21-13-8-9-1-2-11(13)7-9/h3-6,9,11,13,21H,1-2,7-8H2,(H,18,19,22)/t9-,11-,13+/m1/s1. The van der Waals surface area contributed by atoms with E-state index in [4.69, 9.17) is 11.6 Å². The van der Waals surface area contributed by atoms with E-state index in [0.29, 0.717) is 22.4 Å².